The predicted molar refractivity (Wildman–Crippen MR) is 88.9 cm³/mol. The van der Waals surface area contributed by atoms with Gasteiger partial charge < -0.3 is 4.57 Å². The van der Waals surface area contributed by atoms with Crippen molar-refractivity contribution in [3.63, 3.8) is 0 Å². The van der Waals surface area contributed by atoms with E-state index >= 15 is 0 Å². The second kappa shape index (κ2) is 6.21. The minimum atomic E-state index is -0.497. The van der Waals surface area contributed by atoms with Crippen LogP contribution in [-0.2, 0) is 7.05 Å². The fraction of sp³-hybridized carbons (Fsp3) is 0.125. The molecule has 0 unspecified atom stereocenters. The van der Waals surface area contributed by atoms with Crippen molar-refractivity contribution in [1.82, 2.24) is 9.55 Å². The first-order valence-electron chi connectivity index (χ1n) is 6.87. The van der Waals surface area contributed by atoms with Gasteiger partial charge in [0, 0.05) is 35.8 Å². The van der Waals surface area contributed by atoms with Crippen LogP contribution in [0.2, 0.25) is 0 Å². The Balaban J connectivity index is 1.75. The Labute approximate surface area is 136 Å². The van der Waals surface area contributed by atoms with E-state index < -0.39 is 4.92 Å². The molecule has 0 amide bonds. The highest BCUT2D eigenvalue weighted by molar-refractivity contribution is 7.99. The minimum Gasteiger partial charge on any atom is -0.350 e. The van der Waals surface area contributed by atoms with Crippen LogP contribution < -0.4 is 0 Å². The number of nitro groups is 1. The number of pyridine rings is 1. The third-order valence-corrected chi connectivity index (χ3v) is 4.42. The molecule has 6 nitrogen and oxygen atoms in total. The second-order valence-corrected chi connectivity index (χ2v) is 5.99. The molecule has 0 saturated heterocycles. The van der Waals surface area contributed by atoms with Gasteiger partial charge in [0.2, 0.25) is 0 Å². The number of hydrogen-bond donors (Lipinski definition) is 0. The number of fused-ring (bicyclic) bond motifs is 1. The SMILES string of the molecule is Cn1cc(C(=O)CSc2ccc([N+](=O)[O-])cn2)c2ccccc21. The smallest absolute Gasteiger partial charge is 0.287 e. The number of hydrogen-bond acceptors (Lipinski definition) is 5. The third-order valence-electron chi connectivity index (χ3n) is 3.48. The monoisotopic (exact) mass is 327 g/mol. The zero-order valence-electron chi connectivity index (χ0n) is 12.3. The summed E-state index contributed by atoms with van der Waals surface area (Å²) in [6.07, 6.45) is 3.03. The second-order valence-electron chi connectivity index (χ2n) is 4.99. The van der Waals surface area contributed by atoms with Crippen LogP contribution in [0.3, 0.4) is 0 Å². The molecule has 23 heavy (non-hydrogen) atoms. The van der Waals surface area contributed by atoms with E-state index in [1.54, 1.807) is 6.07 Å². The number of carbonyl (C=O) groups excluding carboxylic acids is 1. The standard InChI is InChI=1S/C16H13N3O3S/c1-18-9-13(12-4-2-3-5-14(12)18)15(20)10-23-16-7-6-11(8-17-16)19(21)22/h2-9H,10H2,1H3. The van der Waals surface area contributed by atoms with Crippen LogP contribution in [0.15, 0.2) is 53.8 Å². The number of rotatable bonds is 5. The van der Waals surface area contributed by atoms with Gasteiger partial charge in [0.05, 0.1) is 15.7 Å². The molecule has 0 bridgehead atoms. The Morgan fingerprint density at radius 2 is 2.09 bits per heavy atom. The van der Waals surface area contributed by atoms with Gasteiger partial charge in [-0.1, -0.05) is 30.0 Å². The fourth-order valence-electron chi connectivity index (χ4n) is 2.35. The van der Waals surface area contributed by atoms with E-state index in [-0.39, 0.29) is 17.2 Å². The quantitative estimate of drug-likeness (QED) is 0.310. The average Bonchev–Trinajstić information content (AvgIpc) is 2.90. The molecule has 2 heterocycles. The summed E-state index contributed by atoms with van der Waals surface area (Å²) in [6, 6.07) is 10.7. The van der Waals surface area contributed by atoms with Gasteiger partial charge in [-0.15, -0.1) is 0 Å². The maximum absolute atomic E-state index is 12.5. The lowest BCUT2D eigenvalue weighted by atomic mass is 10.1. The average molecular weight is 327 g/mol. The van der Waals surface area contributed by atoms with E-state index in [2.05, 4.69) is 4.98 Å². The van der Waals surface area contributed by atoms with Gasteiger partial charge in [-0.2, -0.15) is 0 Å². The van der Waals surface area contributed by atoms with Crippen molar-refractivity contribution in [3.05, 3.63) is 64.5 Å². The first kappa shape index (κ1) is 15.2. The molecule has 0 aliphatic rings. The molecule has 0 radical (unpaired) electrons. The van der Waals surface area contributed by atoms with Crippen molar-refractivity contribution < 1.29 is 9.72 Å². The van der Waals surface area contributed by atoms with Crippen molar-refractivity contribution in [1.29, 1.82) is 0 Å². The number of thioether (sulfide) groups is 1. The lowest BCUT2D eigenvalue weighted by Crippen LogP contribution is -2.02. The largest absolute Gasteiger partial charge is 0.350 e. The van der Waals surface area contributed by atoms with E-state index in [0.717, 1.165) is 10.9 Å². The van der Waals surface area contributed by atoms with E-state index in [0.29, 0.717) is 10.6 Å². The summed E-state index contributed by atoms with van der Waals surface area (Å²) in [5.41, 5.74) is 1.63. The molecule has 0 N–H and O–H groups in total. The molecule has 0 aliphatic carbocycles. The summed E-state index contributed by atoms with van der Waals surface area (Å²) < 4.78 is 1.93. The highest BCUT2D eigenvalue weighted by Gasteiger charge is 2.14. The normalized spacial score (nSPS) is 10.8. The molecular formula is C16H13N3O3S. The molecule has 0 atom stereocenters. The van der Waals surface area contributed by atoms with Crippen LogP contribution in [0.1, 0.15) is 10.4 Å². The summed E-state index contributed by atoms with van der Waals surface area (Å²) in [4.78, 5) is 26.5. The van der Waals surface area contributed by atoms with Gasteiger partial charge in [-0.3, -0.25) is 14.9 Å². The van der Waals surface area contributed by atoms with Crippen LogP contribution in [0, 0.1) is 10.1 Å². The molecule has 0 spiro atoms. The van der Waals surface area contributed by atoms with Gasteiger partial charge in [0.25, 0.3) is 5.69 Å². The van der Waals surface area contributed by atoms with E-state index in [1.807, 2.05) is 42.1 Å². The van der Waals surface area contributed by atoms with Crippen LogP contribution in [-0.4, -0.2) is 26.0 Å². The van der Waals surface area contributed by atoms with E-state index in [1.165, 1.54) is 24.0 Å². The number of nitrogens with zero attached hydrogens (tertiary/aromatic N) is 3. The zero-order chi connectivity index (χ0) is 16.4. The molecular weight excluding hydrogens is 314 g/mol. The van der Waals surface area contributed by atoms with Gasteiger partial charge in [-0.05, 0) is 12.1 Å². The number of ketones is 1. The van der Waals surface area contributed by atoms with Gasteiger partial charge in [-0.25, -0.2) is 4.98 Å². The number of aryl methyl sites for hydroxylation is 1. The molecule has 0 fully saturated rings. The molecule has 3 rings (SSSR count). The molecule has 0 saturated carbocycles. The Morgan fingerprint density at radius 3 is 2.78 bits per heavy atom. The van der Waals surface area contributed by atoms with Crippen molar-refractivity contribution in [3.8, 4) is 0 Å². The lowest BCUT2D eigenvalue weighted by molar-refractivity contribution is -0.385. The Hall–Kier alpha value is -2.67. The molecule has 0 aliphatic heterocycles. The molecule has 116 valence electrons. The first-order chi connectivity index (χ1) is 11.1. The Morgan fingerprint density at radius 1 is 1.30 bits per heavy atom. The molecule has 3 aromatic rings. The predicted octanol–water partition coefficient (Wildman–Crippen LogP) is 3.46. The fourth-order valence-corrected chi connectivity index (χ4v) is 3.07. The van der Waals surface area contributed by atoms with Crippen molar-refractivity contribution in [2.75, 3.05) is 5.75 Å². The van der Waals surface area contributed by atoms with E-state index in [9.17, 15) is 14.9 Å². The molecule has 2 aromatic heterocycles. The van der Waals surface area contributed by atoms with Gasteiger partial charge >= 0.3 is 0 Å². The summed E-state index contributed by atoms with van der Waals surface area (Å²) >= 11 is 1.27. The Bertz CT molecular complexity index is 887. The van der Waals surface area contributed by atoms with E-state index in [4.69, 9.17) is 0 Å². The van der Waals surface area contributed by atoms with Crippen LogP contribution >= 0.6 is 11.8 Å². The highest BCUT2D eigenvalue weighted by Crippen LogP contribution is 2.24. The molecule has 7 heteroatoms. The summed E-state index contributed by atoms with van der Waals surface area (Å²) in [5, 5.41) is 12.1. The topological polar surface area (TPSA) is 78.0 Å². The minimum absolute atomic E-state index is 0.00644. The van der Waals surface area contributed by atoms with Crippen molar-refractivity contribution in [2.45, 2.75) is 5.03 Å². The number of para-hydroxylation sites is 1. The summed E-state index contributed by atoms with van der Waals surface area (Å²) in [6.45, 7) is 0. The summed E-state index contributed by atoms with van der Waals surface area (Å²) in [7, 11) is 1.91. The summed E-state index contributed by atoms with van der Waals surface area (Å²) in [5.74, 6) is 0.241. The number of benzene rings is 1. The van der Waals surface area contributed by atoms with Crippen LogP contribution in [0.4, 0.5) is 5.69 Å². The van der Waals surface area contributed by atoms with Crippen LogP contribution in [0.5, 0.6) is 0 Å². The maximum Gasteiger partial charge on any atom is 0.287 e. The number of Topliss-reactive ketones (excluding diaryl/α,β-unsaturated/α-hetero) is 1. The van der Waals surface area contributed by atoms with Crippen LogP contribution in [0.25, 0.3) is 10.9 Å². The van der Waals surface area contributed by atoms with Gasteiger partial charge in [0.1, 0.15) is 6.20 Å². The number of aromatic nitrogens is 2. The first-order valence-corrected chi connectivity index (χ1v) is 7.85. The van der Waals surface area contributed by atoms with Crippen molar-refractivity contribution in [2.24, 2.45) is 7.05 Å². The van der Waals surface area contributed by atoms with Crippen molar-refractivity contribution >= 4 is 34.1 Å². The molecule has 1 aromatic carbocycles. The third kappa shape index (κ3) is 3.09. The highest BCUT2D eigenvalue weighted by atomic mass is 32.2. The zero-order valence-corrected chi connectivity index (χ0v) is 13.1. The lowest BCUT2D eigenvalue weighted by Gasteiger charge is -2.00. The Kier molecular flexibility index (Phi) is 4.12. The maximum atomic E-state index is 12.5. The van der Waals surface area contributed by atoms with Gasteiger partial charge in [0.15, 0.2) is 5.78 Å². The number of carbonyl (C=O) groups is 1.